The molecule has 0 bridgehead atoms. The van der Waals surface area contributed by atoms with Gasteiger partial charge in [0.2, 0.25) is 0 Å². The van der Waals surface area contributed by atoms with Gasteiger partial charge in [-0.1, -0.05) is 13.8 Å². The van der Waals surface area contributed by atoms with Gasteiger partial charge in [0.1, 0.15) is 5.82 Å². The van der Waals surface area contributed by atoms with E-state index in [0.29, 0.717) is 16.7 Å². The van der Waals surface area contributed by atoms with E-state index in [0.717, 1.165) is 0 Å². The summed E-state index contributed by atoms with van der Waals surface area (Å²) in [6.07, 6.45) is 0. The van der Waals surface area contributed by atoms with Crippen molar-refractivity contribution in [1.82, 2.24) is 4.98 Å². The molecular formula is C10H10FNO2. The summed E-state index contributed by atoms with van der Waals surface area (Å²) in [6, 6.07) is 2.84. The minimum Gasteiger partial charge on any atom is -0.407 e. The molecule has 4 heteroatoms. The third-order valence-electron chi connectivity index (χ3n) is 2.15. The average Bonchev–Trinajstić information content (AvgIpc) is 2.43. The van der Waals surface area contributed by atoms with E-state index < -0.39 is 5.76 Å². The second kappa shape index (κ2) is 2.97. The predicted molar refractivity (Wildman–Crippen MR) is 50.9 cm³/mol. The molecule has 3 nitrogen and oxygen atoms in total. The molecule has 0 spiro atoms. The first-order valence-corrected chi connectivity index (χ1v) is 4.41. The molecule has 0 aliphatic carbocycles. The Hall–Kier alpha value is -1.58. The highest BCUT2D eigenvalue weighted by atomic mass is 19.1. The molecule has 14 heavy (non-hydrogen) atoms. The maximum atomic E-state index is 13.4. The van der Waals surface area contributed by atoms with Crippen LogP contribution in [0.3, 0.4) is 0 Å². The lowest BCUT2D eigenvalue weighted by molar-refractivity contribution is 0.538. The van der Waals surface area contributed by atoms with E-state index in [2.05, 4.69) is 4.98 Å². The van der Waals surface area contributed by atoms with Crippen LogP contribution in [0.1, 0.15) is 25.3 Å². The molecule has 1 aromatic heterocycles. The highest BCUT2D eigenvalue weighted by Crippen LogP contribution is 2.26. The van der Waals surface area contributed by atoms with Crippen molar-refractivity contribution < 1.29 is 8.81 Å². The minimum absolute atomic E-state index is 0.0161. The Morgan fingerprint density at radius 2 is 2.14 bits per heavy atom. The van der Waals surface area contributed by atoms with Crippen LogP contribution in [-0.2, 0) is 0 Å². The lowest BCUT2D eigenvalue weighted by atomic mass is 10.0. The molecule has 0 atom stereocenters. The van der Waals surface area contributed by atoms with Crippen LogP contribution in [0, 0.1) is 5.82 Å². The summed E-state index contributed by atoms with van der Waals surface area (Å²) in [6.45, 7) is 3.70. The lowest BCUT2D eigenvalue weighted by Crippen LogP contribution is -1.93. The minimum atomic E-state index is -0.549. The Kier molecular flexibility index (Phi) is 1.91. The third-order valence-corrected chi connectivity index (χ3v) is 2.15. The predicted octanol–water partition coefficient (Wildman–Crippen LogP) is 2.38. The van der Waals surface area contributed by atoms with Gasteiger partial charge < -0.3 is 4.42 Å². The van der Waals surface area contributed by atoms with Gasteiger partial charge in [-0.05, 0) is 18.1 Å². The third kappa shape index (κ3) is 1.23. The largest absolute Gasteiger partial charge is 0.417 e. The Morgan fingerprint density at radius 3 is 2.79 bits per heavy atom. The number of benzene rings is 1. The first-order chi connectivity index (χ1) is 6.59. The summed E-state index contributed by atoms with van der Waals surface area (Å²) >= 11 is 0. The van der Waals surface area contributed by atoms with Crippen molar-refractivity contribution >= 4 is 11.1 Å². The zero-order valence-corrected chi connectivity index (χ0v) is 7.93. The van der Waals surface area contributed by atoms with Gasteiger partial charge in [-0.15, -0.1) is 0 Å². The Balaban J connectivity index is 2.88. The molecule has 0 amide bonds. The molecule has 1 aromatic carbocycles. The zero-order valence-electron chi connectivity index (χ0n) is 7.93. The number of H-pyrrole nitrogens is 1. The maximum Gasteiger partial charge on any atom is 0.417 e. The van der Waals surface area contributed by atoms with E-state index in [1.807, 2.05) is 13.8 Å². The number of rotatable bonds is 1. The normalized spacial score (nSPS) is 11.4. The van der Waals surface area contributed by atoms with Crippen molar-refractivity contribution in [2.45, 2.75) is 19.8 Å². The highest BCUT2D eigenvalue weighted by Gasteiger charge is 2.14. The molecule has 0 fully saturated rings. The van der Waals surface area contributed by atoms with E-state index in [1.165, 1.54) is 12.1 Å². The highest BCUT2D eigenvalue weighted by molar-refractivity contribution is 5.76. The number of aromatic nitrogens is 1. The van der Waals surface area contributed by atoms with Gasteiger partial charge >= 0.3 is 5.76 Å². The monoisotopic (exact) mass is 195 g/mol. The lowest BCUT2D eigenvalue weighted by Gasteiger charge is -2.05. The summed E-state index contributed by atoms with van der Waals surface area (Å²) in [4.78, 5) is 13.4. The molecule has 2 rings (SSSR count). The SMILES string of the molecule is CC(C)c1c(F)ccc2[nH]c(=O)oc12. The zero-order chi connectivity index (χ0) is 10.3. The van der Waals surface area contributed by atoms with Crippen LogP contribution in [0.15, 0.2) is 21.3 Å². The summed E-state index contributed by atoms with van der Waals surface area (Å²) in [7, 11) is 0. The Labute approximate surface area is 79.5 Å². The number of aromatic amines is 1. The molecule has 1 heterocycles. The van der Waals surface area contributed by atoms with Gasteiger partial charge in [0.25, 0.3) is 0 Å². The molecule has 0 radical (unpaired) electrons. The number of hydrogen-bond acceptors (Lipinski definition) is 2. The molecule has 0 saturated carbocycles. The molecule has 2 aromatic rings. The molecular weight excluding hydrogens is 185 g/mol. The van der Waals surface area contributed by atoms with Crippen molar-refractivity contribution in [1.29, 1.82) is 0 Å². The molecule has 0 aliphatic heterocycles. The molecule has 0 saturated heterocycles. The molecule has 0 aliphatic rings. The fraction of sp³-hybridized carbons (Fsp3) is 0.300. The van der Waals surface area contributed by atoms with Crippen LogP contribution in [0.2, 0.25) is 0 Å². The topological polar surface area (TPSA) is 46.0 Å². The number of fused-ring (bicyclic) bond motifs is 1. The number of halogens is 1. The van der Waals surface area contributed by atoms with Gasteiger partial charge in [-0.2, -0.15) is 0 Å². The smallest absolute Gasteiger partial charge is 0.407 e. The van der Waals surface area contributed by atoms with Crippen LogP contribution in [0.25, 0.3) is 11.1 Å². The Bertz CT molecular complexity index is 524. The van der Waals surface area contributed by atoms with Crippen molar-refractivity contribution in [3.05, 3.63) is 34.1 Å². The van der Waals surface area contributed by atoms with Gasteiger partial charge in [0.05, 0.1) is 5.52 Å². The first kappa shape index (κ1) is 8.99. The van der Waals surface area contributed by atoms with E-state index in [9.17, 15) is 9.18 Å². The Morgan fingerprint density at radius 1 is 1.43 bits per heavy atom. The van der Waals surface area contributed by atoms with Crippen LogP contribution < -0.4 is 5.76 Å². The number of oxazole rings is 1. The maximum absolute atomic E-state index is 13.4. The standard InChI is InChI=1S/C10H10FNO2/c1-5(2)8-6(11)3-4-7-9(8)14-10(13)12-7/h3-5H,1-2H3,(H,12,13). The summed E-state index contributed by atoms with van der Waals surface area (Å²) in [5.41, 5.74) is 1.31. The van der Waals surface area contributed by atoms with E-state index in [-0.39, 0.29) is 11.7 Å². The van der Waals surface area contributed by atoms with Crippen LogP contribution >= 0.6 is 0 Å². The second-order valence-corrected chi connectivity index (χ2v) is 3.51. The fourth-order valence-electron chi connectivity index (χ4n) is 1.55. The van der Waals surface area contributed by atoms with Gasteiger partial charge in [0.15, 0.2) is 5.58 Å². The summed E-state index contributed by atoms with van der Waals surface area (Å²) in [5.74, 6) is -0.902. The quantitative estimate of drug-likeness (QED) is 0.759. The second-order valence-electron chi connectivity index (χ2n) is 3.51. The van der Waals surface area contributed by atoms with Crippen LogP contribution in [0.5, 0.6) is 0 Å². The summed E-state index contributed by atoms with van der Waals surface area (Å²) in [5, 5.41) is 0. The molecule has 74 valence electrons. The fourth-order valence-corrected chi connectivity index (χ4v) is 1.55. The van der Waals surface area contributed by atoms with Gasteiger partial charge in [-0.25, -0.2) is 9.18 Å². The molecule has 0 unspecified atom stereocenters. The van der Waals surface area contributed by atoms with Crippen molar-refractivity contribution in [3.63, 3.8) is 0 Å². The van der Waals surface area contributed by atoms with Gasteiger partial charge in [0, 0.05) is 5.56 Å². The average molecular weight is 195 g/mol. The number of nitrogens with one attached hydrogen (secondary N) is 1. The first-order valence-electron chi connectivity index (χ1n) is 4.41. The summed E-state index contributed by atoms with van der Waals surface area (Å²) < 4.78 is 18.3. The van der Waals surface area contributed by atoms with Gasteiger partial charge in [-0.3, -0.25) is 4.98 Å². The van der Waals surface area contributed by atoms with Crippen molar-refractivity contribution in [2.24, 2.45) is 0 Å². The van der Waals surface area contributed by atoms with Crippen LogP contribution in [-0.4, -0.2) is 4.98 Å². The van der Waals surface area contributed by atoms with E-state index >= 15 is 0 Å². The molecule has 1 N–H and O–H groups in total. The van der Waals surface area contributed by atoms with Crippen molar-refractivity contribution in [2.75, 3.05) is 0 Å². The number of hydrogen-bond donors (Lipinski definition) is 1. The van der Waals surface area contributed by atoms with E-state index in [4.69, 9.17) is 4.42 Å². The van der Waals surface area contributed by atoms with Crippen LogP contribution in [0.4, 0.5) is 4.39 Å². The van der Waals surface area contributed by atoms with Crippen molar-refractivity contribution in [3.8, 4) is 0 Å². The van der Waals surface area contributed by atoms with E-state index in [1.54, 1.807) is 0 Å².